The van der Waals surface area contributed by atoms with E-state index in [1.807, 2.05) is 94.4 Å². The maximum absolute atomic E-state index is 13.3. The third kappa shape index (κ3) is 6.22. The molecule has 1 fully saturated rings. The van der Waals surface area contributed by atoms with Crippen molar-refractivity contribution in [2.45, 2.75) is 40.3 Å². The van der Waals surface area contributed by atoms with E-state index in [4.69, 9.17) is 14.5 Å². The number of thioether (sulfide) groups is 1. The van der Waals surface area contributed by atoms with Gasteiger partial charge >= 0.3 is 0 Å². The molecule has 0 unspecified atom stereocenters. The van der Waals surface area contributed by atoms with Crippen molar-refractivity contribution in [3.8, 4) is 17.6 Å². The van der Waals surface area contributed by atoms with Crippen molar-refractivity contribution in [2.75, 3.05) is 6.61 Å². The molecular weight excluding hydrogens is 482 g/mol. The van der Waals surface area contributed by atoms with Crippen LogP contribution in [-0.4, -0.2) is 28.6 Å². The van der Waals surface area contributed by atoms with Crippen molar-refractivity contribution in [1.29, 1.82) is 5.26 Å². The smallest absolute Gasteiger partial charge is 0.266 e. The molecule has 1 aliphatic heterocycles. The highest BCUT2D eigenvalue weighted by molar-refractivity contribution is 8.18. The van der Waals surface area contributed by atoms with Gasteiger partial charge in [-0.3, -0.25) is 9.69 Å². The first-order valence-corrected chi connectivity index (χ1v) is 13.0. The van der Waals surface area contributed by atoms with Crippen LogP contribution in [0.4, 0.5) is 5.69 Å². The summed E-state index contributed by atoms with van der Waals surface area (Å²) in [6, 6.07) is 23.0. The summed E-state index contributed by atoms with van der Waals surface area (Å²) >= 11 is 1.37. The Morgan fingerprint density at radius 3 is 2.51 bits per heavy atom. The minimum Gasteiger partial charge on any atom is -0.490 e. The van der Waals surface area contributed by atoms with Crippen molar-refractivity contribution in [2.24, 2.45) is 4.99 Å². The van der Waals surface area contributed by atoms with Crippen molar-refractivity contribution in [3.63, 3.8) is 0 Å². The molecule has 188 valence electrons. The Bertz CT molecular complexity index is 1390. The summed E-state index contributed by atoms with van der Waals surface area (Å²) < 4.78 is 11.8. The lowest BCUT2D eigenvalue weighted by Crippen LogP contribution is -2.35. The van der Waals surface area contributed by atoms with E-state index >= 15 is 0 Å². The number of aliphatic imine (C=N–C) groups is 1. The van der Waals surface area contributed by atoms with E-state index in [0.717, 1.165) is 22.4 Å². The molecule has 0 saturated carbocycles. The van der Waals surface area contributed by atoms with Gasteiger partial charge in [-0.15, -0.1) is 0 Å². The molecule has 3 aromatic rings. The maximum atomic E-state index is 13.3. The molecule has 1 amide bonds. The Morgan fingerprint density at radius 1 is 1.05 bits per heavy atom. The number of ether oxygens (including phenoxy) is 2. The number of carbonyl (C=O) groups is 1. The minimum absolute atomic E-state index is 0.0267. The van der Waals surface area contributed by atoms with E-state index in [1.54, 1.807) is 11.0 Å². The molecule has 3 aromatic carbocycles. The van der Waals surface area contributed by atoms with Crippen LogP contribution in [0.5, 0.6) is 11.5 Å². The summed E-state index contributed by atoms with van der Waals surface area (Å²) in [5, 5.41) is 10.00. The zero-order chi connectivity index (χ0) is 26.4. The molecule has 1 saturated heterocycles. The Hall–Kier alpha value is -4.02. The van der Waals surface area contributed by atoms with E-state index in [-0.39, 0.29) is 18.6 Å². The van der Waals surface area contributed by atoms with Gasteiger partial charge in [0.25, 0.3) is 5.91 Å². The highest BCUT2D eigenvalue weighted by atomic mass is 32.2. The van der Waals surface area contributed by atoms with Crippen LogP contribution in [0.3, 0.4) is 0 Å². The molecule has 0 aliphatic carbocycles. The van der Waals surface area contributed by atoms with Gasteiger partial charge in [0, 0.05) is 11.6 Å². The number of rotatable bonds is 8. The van der Waals surface area contributed by atoms with Crippen LogP contribution in [0.25, 0.3) is 6.08 Å². The molecule has 0 spiro atoms. The van der Waals surface area contributed by atoms with Gasteiger partial charge in [0.2, 0.25) is 0 Å². The molecule has 0 bridgehead atoms. The van der Waals surface area contributed by atoms with E-state index in [9.17, 15) is 10.1 Å². The van der Waals surface area contributed by atoms with Gasteiger partial charge in [-0.25, -0.2) is 4.99 Å². The number of carbonyl (C=O) groups excluding carboxylic acids is 1. The topological polar surface area (TPSA) is 74.9 Å². The Labute approximate surface area is 222 Å². The molecular formula is C30H29N3O3S. The third-order valence-corrected chi connectivity index (χ3v) is 6.68. The fraction of sp³-hybridized carbons (Fsp3) is 0.233. The standard InChI is InChI=1S/C30H29N3O3S/c1-5-35-27-16-22(12-15-26(27)36-19-24-9-7-6-8-23(24)18-31)17-28-29(34)33(20(2)3)30(37-28)32-25-13-10-21(4)11-14-25/h6-17,20H,5,19H2,1-4H3/b28-17+,32-30?. The lowest BCUT2D eigenvalue weighted by molar-refractivity contribution is -0.123. The number of benzene rings is 3. The molecule has 0 N–H and O–H groups in total. The van der Waals surface area contributed by atoms with Gasteiger partial charge in [-0.05, 0) is 81.4 Å². The quantitative estimate of drug-likeness (QED) is 0.309. The summed E-state index contributed by atoms with van der Waals surface area (Å²) in [6.45, 7) is 8.62. The van der Waals surface area contributed by atoms with Crippen molar-refractivity contribution in [3.05, 3.63) is 93.9 Å². The van der Waals surface area contributed by atoms with Crippen LogP contribution >= 0.6 is 11.8 Å². The largest absolute Gasteiger partial charge is 0.490 e. The molecule has 37 heavy (non-hydrogen) atoms. The molecule has 1 heterocycles. The average Bonchev–Trinajstić information content (AvgIpc) is 3.19. The van der Waals surface area contributed by atoms with Gasteiger partial charge in [0.1, 0.15) is 6.61 Å². The third-order valence-electron chi connectivity index (χ3n) is 5.70. The second kappa shape index (κ2) is 11.8. The molecule has 6 nitrogen and oxygen atoms in total. The van der Waals surface area contributed by atoms with E-state index < -0.39 is 0 Å². The second-order valence-corrected chi connectivity index (χ2v) is 9.82. The maximum Gasteiger partial charge on any atom is 0.266 e. The zero-order valence-corrected chi connectivity index (χ0v) is 22.2. The van der Waals surface area contributed by atoms with Crippen LogP contribution in [0.15, 0.2) is 76.6 Å². The summed E-state index contributed by atoms with van der Waals surface area (Å²) in [5.41, 5.74) is 4.18. The molecule has 1 aliphatic rings. The minimum atomic E-state index is -0.0720. The fourth-order valence-corrected chi connectivity index (χ4v) is 4.93. The summed E-state index contributed by atoms with van der Waals surface area (Å²) in [7, 11) is 0. The molecule has 0 radical (unpaired) electrons. The van der Waals surface area contributed by atoms with Crippen molar-refractivity contribution >= 4 is 34.6 Å². The predicted molar refractivity (Wildman–Crippen MR) is 149 cm³/mol. The van der Waals surface area contributed by atoms with Gasteiger partial charge in [-0.1, -0.05) is 42.0 Å². The lowest BCUT2D eigenvalue weighted by atomic mass is 10.1. The number of aryl methyl sites for hydroxylation is 1. The van der Waals surface area contributed by atoms with Gasteiger partial charge < -0.3 is 9.47 Å². The van der Waals surface area contributed by atoms with E-state index in [1.165, 1.54) is 11.8 Å². The zero-order valence-electron chi connectivity index (χ0n) is 21.4. The summed E-state index contributed by atoms with van der Waals surface area (Å²) in [4.78, 5) is 20.3. The van der Waals surface area contributed by atoms with Crippen LogP contribution in [0.2, 0.25) is 0 Å². The van der Waals surface area contributed by atoms with Crippen molar-refractivity contribution in [1.82, 2.24) is 4.90 Å². The van der Waals surface area contributed by atoms with Crippen molar-refractivity contribution < 1.29 is 14.3 Å². The first kappa shape index (κ1) is 26.1. The SMILES string of the molecule is CCOc1cc(/C=C2/SC(=Nc3ccc(C)cc3)N(C(C)C)C2=O)ccc1OCc1ccccc1C#N. The highest BCUT2D eigenvalue weighted by Gasteiger charge is 2.35. The summed E-state index contributed by atoms with van der Waals surface area (Å²) in [5.74, 6) is 1.08. The second-order valence-electron chi connectivity index (χ2n) is 8.81. The highest BCUT2D eigenvalue weighted by Crippen LogP contribution is 2.37. The van der Waals surface area contributed by atoms with Crippen LogP contribution < -0.4 is 9.47 Å². The number of amides is 1. The number of nitriles is 1. The van der Waals surface area contributed by atoms with Gasteiger partial charge in [0.05, 0.1) is 28.8 Å². The van der Waals surface area contributed by atoms with Crippen LogP contribution in [0, 0.1) is 18.3 Å². The van der Waals surface area contributed by atoms with E-state index in [2.05, 4.69) is 6.07 Å². The Balaban J connectivity index is 1.59. The first-order chi connectivity index (χ1) is 17.9. The summed E-state index contributed by atoms with van der Waals surface area (Å²) in [6.07, 6.45) is 1.86. The lowest BCUT2D eigenvalue weighted by Gasteiger charge is -2.19. The van der Waals surface area contributed by atoms with Crippen LogP contribution in [0.1, 0.15) is 43.0 Å². The Kier molecular flexibility index (Phi) is 8.32. The van der Waals surface area contributed by atoms with E-state index in [0.29, 0.717) is 33.7 Å². The number of amidine groups is 1. The van der Waals surface area contributed by atoms with Gasteiger partial charge in [-0.2, -0.15) is 5.26 Å². The normalized spacial score (nSPS) is 15.5. The van der Waals surface area contributed by atoms with Gasteiger partial charge in [0.15, 0.2) is 16.7 Å². The molecule has 4 rings (SSSR count). The average molecular weight is 512 g/mol. The Morgan fingerprint density at radius 2 is 1.81 bits per heavy atom. The fourth-order valence-electron chi connectivity index (χ4n) is 3.81. The number of hydrogen-bond donors (Lipinski definition) is 0. The number of nitrogens with zero attached hydrogens (tertiary/aromatic N) is 3. The molecule has 0 aromatic heterocycles. The number of hydrogen-bond acceptors (Lipinski definition) is 6. The molecule has 7 heteroatoms. The monoisotopic (exact) mass is 511 g/mol. The van der Waals surface area contributed by atoms with Crippen LogP contribution in [-0.2, 0) is 11.4 Å². The predicted octanol–water partition coefficient (Wildman–Crippen LogP) is 6.86. The molecule has 0 atom stereocenters. The first-order valence-electron chi connectivity index (χ1n) is 12.2.